The molecule has 0 N–H and O–H groups in total. The summed E-state index contributed by atoms with van der Waals surface area (Å²) < 4.78 is 22.7. The van der Waals surface area contributed by atoms with Gasteiger partial charge in [0.15, 0.2) is 6.61 Å². The summed E-state index contributed by atoms with van der Waals surface area (Å²) in [4.78, 5) is 51.2. The van der Waals surface area contributed by atoms with Gasteiger partial charge in [-0.1, -0.05) is 37.3 Å². The lowest BCUT2D eigenvalue weighted by molar-refractivity contribution is -0.179. The molecule has 1 aliphatic heterocycles. The molecule has 8 heteroatoms. The monoisotopic (exact) mass is 498 g/mol. The van der Waals surface area contributed by atoms with Gasteiger partial charge in [0.25, 0.3) is 0 Å². The lowest BCUT2D eigenvalue weighted by Crippen LogP contribution is -2.45. The molecule has 5 rings (SSSR count). The summed E-state index contributed by atoms with van der Waals surface area (Å²) >= 11 is 0. The van der Waals surface area contributed by atoms with Crippen molar-refractivity contribution in [3.8, 4) is 0 Å². The minimum absolute atomic E-state index is 0.185. The summed E-state index contributed by atoms with van der Waals surface area (Å²) in [6.45, 7) is 4.84. The Balaban J connectivity index is 1.30. The molecule has 8 nitrogen and oxygen atoms in total. The second-order valence-electron chi connectivity index (χ2n) is 11.3. The summed E-state index contributed by atoms with van der Waals surface area (Å²) in [5.41, 5.74) is -0.440. The minimum atomic E-state index is -0.753. The predicted molar refractivity (Wildman–Crippen MR) is 126 cm³/mol. The number of carbonyl (C=O) groups excluding carboxylic acids is 4. The third kappa shape index (κ3) is 4.08. The highest BCUT2D eigenvalue weighted by molar-refractivity contribution is 5.86. The second kappa shape index (κ2) is 9.20. The van der Waals surface area contributed by atoms with E-state index in [-0.39, 0.29) is 11.8 Å². The number of esters is 4. The topological polar surface area (TPSA) is 105 Å². The molecule has 1 aromatic carbocycles. The van der Waals surface area contributed by atoms with Crippen LogP contribution in [-0.4, -0.2) is 42.7 Å². The zero-order valence-electron chi connectivity index (χ0n) is 21.1. The first kappa shape index (κ1) is 24.8. The van der Waals surface area contributed by atoms with Crippen LogP contribution in [0.3, 0.4) is 0 Å². The highest BCUT2D eigenvalue weighted by Gasteiger charge is 2.70. The Labute approximate surface area is 211 Å². The molecule has 4 aliphatic rings. The molecule has 0 aromatic heterocycles. The van der Waals surface area contributed by atoms with Gasteiger partial charge in [0.1, 0.15) is 17.8 Å². The number of benzene rings is 1. The van der Waals surface area contributed by atoms with Crippen molar-refractivity contribution in [1.29, 1.82) is 0 Å². The Morgan fingerprint density at radius 3 is 2.44 bits per heavy atom. The van der Waals surface area contributed by atoms with E-state index < -0.39 is 65.5 Å². The van der Waals surface area contributed by atoms with Crippen molar-refractivity contribution >= 4 is 23.9 Å². The highest BCUT2D eigenvalue weighted by atomic mass is 16.6. The highest BCUT2D eigenvalue weighted by Crippen LogP contribution is 2.59. The van der Waals surface area contributed by atoms with Crippen LogP contribution >= 0.6 is 0 Å². The standard InChI is InChI=1S/C28H34O8/c1-4-27(2,3)26(32)33-15-19(29)34-22-18-14-17-20(24(30)35-23(17)22)21(18)25(31)36-28(12-8-9-13-28)16-10-6-5-7-11-16/h5-7,10-11,17-18,20-23H,4,8-9,12-15H2,1-3H3. The molecular formula is C28H34O8. The predicted octanol–water partition coefficient (Wildman–Crippen LogP) is 3.70. The van der Waals surface area contributed by atoms with E-state index in [4.69, 9.17) is 18.9 Å². The van der Waals surface area contributed by atoms with Crippen LogP contribution in [0.5, 0.6) is 0 Å². The van der Waals surface area contributed by atoms with Crippen LogP contribution < -0.4 is 0 Å². The first-order valence-corrected chi connectivity index (χ1v) is 13.0. The van der Waals surface area contributed by atoms with Crippen LogP contribution in [0.15, 0.2) is 30.3 Å². The SMILES string of the molecule is CCC(C)(C)C(=O)OCC(=O)OC1C2CC3C1OC(=O)C3C2C(=O)OC1(c2ccccc2)CCCC1. The van der Waals surface area contributed by atoms with Gasteiger partial charge in [-0.15, -0.1) is 0 Å². The lowest BCUT2D eigenvalue weighted by atomic mass is 9.78. The lowest BCUT2D eigenvalue weighted by Gasteiger charge is -2.35. The summed E-state index contributed by atoms with van der Waals surface area (Å²) in [7, 11) is 0. The van der Waals surface area contributed by atoms with E-state index in [1.807, 2.05) is 37.3 Å². The molecule has 4 fully saturated rings. The van der Waals surface area contributed by atoms with Crippen molar-refractivity contribution in [3.63, 3.8) is 0 Å². The van der Waals surface area contributed by atoms with Crippen molar-refractivity contribution in [1.82, 2.24) is 0 Å². The van der Waals surface area contributed by atoms with Crippen LogP contribution in [0.4, 0.5) is 0 Å². The number of fused-ring (bicyclic) bond motifs is 1. The van der Waals surface area contributed by atoms with Crippen LogP contribution in [-0.2, 0) is 43.7 Å². The molecule has 1 heterocycles. The van der Waals surface area contributed by atoms with Gasteiger partial charge in [0.05, 0.1) is 17.3 Å². The van der Waals surface area contributed by atoms with Gasteiger partial charge in [-0.3, -0.25) is 14.4 Å². The summed E-state index contributed by atoms with van der Waals surface area (Å²) in [6, 6.07) is 9.75. The average molecular weight is 499 g/mol. The molecule has 6 atom stereocenters. The molecule has 3 saturated carbocycles. The maximum absolute atomic E-state index is 13.7. The van der Waals surface area contributed by atoms with Crippen molar-refractivity contribution in [2.45, 2.75) is 77.1 Å². The average Bonchev–Trinajstić information content (AvgIpc) is 3.62. The van der Waals surface area contributed by atoms with E-state index in [0.717, 1.165) is 31.2 Å². The van der Waals surface area contributed by atoms with Crippen LogP contribution in [0.25, 0.3) is 0 Å². The molecule has 3 aliphatic carbocycles. The van der Waals surface area contributed by atoms with Gasteiger partial charge >= 0.3 is 23.9 Å². The molecular weight excluding hydrogens is 464 g/mol. The first-order chi connectivity index (χ1) is 17.2. The second-order valence-corrected chi connectivity index (χ2v) is 11.3. The zero-order chi connectivity index (χ0) is 25.7. The quantitative estimate of drug-likeness (QED) is 0.395. The van der Waals surface area contributed by atoms with Crippen LogP contribution in [0, 0.1) is 29.1 Å². The number of rotatable bonds is 8. The molecule has 1 saturated heterocycles. The van der Waals surface area contributed by atoms with E-state index in [0.29, 0.717) is 12.8 Å². The molecule has 6 unspecified atom stereocenters. The van der Waals surface area contributed by atoms with Crippen LogP contribution in [0.2, 0.25) is 0 Å². The smallest absolute Gasteiger partial charge is 0.344 e. The Morgan fingerprint density at radius 2 is 1.78 bits per heavy atom. The Morgan fingerprint density at radius 1 is 1.08 bits per heavy atom. The van der Waals surface area contributed by atoms with E-state index in [1.165, 1.54) is 0 Å². The van der Waals surface area contributed by atoms with Gasteiger partial charge in [-0.25, -0.2) is 4.79 Å². The largest absolute Gasteiger partial charge is 0.458 e. The Kier molecular flexibility index (Phi) is 6.33. The van der Waals surface area contributed by atoms with Gasteiger partial charge in [-0.2, -0.15) is 0 Å². The molecule has 194 valence electrons. The number of ether oxygens (including phenoxy) is 4. The number of hydrogen-bond acceptors (Lipinski definition) is 8. The summed E-state index contributed by atoms with van der Waals surface area (Å²) in [5, 5.41) is 0. The fourth-order valence-corrected chi connectivity index (χ4v) is 6.52. The molecule has 0 amide bonds. The molecule has 0 radical (unpaired) electrons. The van der Waals surface area contributed by atoms with Gasteiger partial charge < -0.3 is 18.9 Å². The minimum Gasteiger partial charge on any atom is -0.458 e. The number of carbonyl (C=O) groups is 4. The van der Waals surface area contributed by atoms with Crippen molar-refractivity contribution < 1.29 is 38.1 Å². The summed E-state index contributed by atoms with van der Waals surface area (Å²) in [5.74, 6) is -3.89. The van der Waals surface area contributed by atoms with Crippen LogP contribution in [0.1, 0.15) is 64.9 Å². The third-order valence-corrected chi connectivity index (χ3v) is 8.85. The molecule has 1 aromatic rings. The first-order valence-electron chi connectivity index (χ1n) is 13.0. The van der Waals surface area contributed by atoms with Crippen molar-refractivity contribution in [2.24, 2.45) is 29.1 Å². The summed E-state index contributed by atoms with van der Waals surface area (Å²) in [6.07, 6.45) is 3.19. The maximum atomic E-state index is 13.7. The van der Waals surface area contributed by atoms with E-state index in [1.54, 1.807) is 13.8 Å². The molecule has 36 heavy (non-hydrogen) atoms. The Bertz CT molecular complexity index is 1040. The third-order valence-electron chi connectivity index (χ3n) is 8.85. The van der Waals surface area contributed by atoms with Gasteiger partial charge in [-0.05, 0) is 57.9 Å². The van der Waals surface area contributed by atoms with E-state index in [9.17, 15) is 19.2 Å². The molecule has 0 spiro atoms. The number of hydrogen-bond donors (Lipinski definition) is 0. The molecule has 2 bridgehead atoms. The maximum Gasteiger partial charge on any atom is 0.344 e. The van der Waals surface area contributed by atoms with E-state index >= 15 is 0 Å². The normalized spacial score (nSPS) is 31.7. The zero-order valence-corrected chi connectivity index (χ0v) is 21.1. The van der Waals surface area contributed by atoms with Gasteiger partial charge in [0.2, 0.25) is 0 Å². The Hall–Kier alpha value is -2.90. The van der Waals surface area contributed by atoms with Crippen molar-refractivity contribution in [2.75, 3.05) is 6.61 Å². The fourth-order valence-electron chi connectivity index (χ4n) is 6.52. The van der Waals surface area contributed by atoms with E-state index in [2.05, 4.69) is 0 Å². The van der Waals surface area contributed by atoms with Gasteiger partial charge in [0, 0.05) is 11.8 Å². The fraction of sp³-hybridized carbons (Fsp3) is 0.643. The van der Waals surface area contributed by atoms with Crippen molar-refractivity contribution in [3.05, 3.63) is 35.9 Å².